The molecular weight excluding hydrogens is 176 g/mol. The van der Waals surface area contributed by atoms with E-state index in [0.29, 0.717) is 0 Å². The summed E-state index contributed by atoms with van der Waals surface area (Å²) in [6.45, 7) is 1.76. The molecule has 2 nitrogen and oxygen atoms in total. The second-order valence-corrected chi connectivity index (χ2v) is 4.22. The van der Waals surface area contributed by atoms with E-state index in [0.717, 1.165) is 18.4 Å². The molecule has 2 heteroatoms. The minimum Gasteiger partial charge on any atom is -0.393 e. The van der Waals surface area contributed by atoms with Gasteiger partial charge in [0.2, 0.25) is 0 Å². The fourth-order valence-electron chi connectivity index (χ4n) is 2.03. The minimum atomic E-state index is -0.524. The highest BCUT2D eigenvalue weighted by atomic mass is 16.3. The maximum Gasteiger partial charge on any atom is 0.0870 e. The number of aliphatic hydroxyl groups excluding tert-OH is 2. The third kappa shape index (κ3) is 1.45. The number of aliphatic hydroxyl groups is 2. The Hall–Kier alpha value is -0.860. The van der Waals surface area contributed by atoms with Gasteiger partial charge >= 0.3 is 0 Å². The summed E-state index contributed by atoms with van der Waals surface area (Å²) in [5.74, 6) is 0. The van der Waals surface area contributed by atoms with Crippen LogP contribution >= 0.6 is 0 Å². The van der Waals surface area contributed by atoms with Crippen molar-refractivity contribution in [2.24, 2.45) is 5.41 Å². The highest BCUT2D eigenvalue weighted by Gasteiger charge is 2.53. The summed E-state index contributed by atoms with van der Waals surface area (Å²) in [6, 6.07) is 9.58. The fraction of sp³-hybridized carbons (Fsp3) is 0.500. The lowest BCUT2D eigenvalue weighted by atomic mass is 9.88. The van der Waals surface area contributed by atoms with E-state index in [2.05, 4.69) is 0 Å². The van der Waals surface area contributed by atoms with Gasteiger partial charge in [-0.25, -0.2) is 0 Å². The summed E-state index contributed by atoms with van der Waals surface area (Å²) in [4.78, 5) is 0. The lowest BCUT2D eigenvalue weighted by Crippen LogP contribution is -2.25. The monoisotopic (exact) mass is 192 g/mol. The van der Waals surface area contributed by atoms with E-state index in [1.165, 1.54) is 0 Å². The Labute approximate surface area is 84.2 Å². The SMILES string of the molecule is CC(O)C1(C(O)c2ccccc2)CC1. The van der Waals surface area contributed by atoms with Gasteiger partial charge in [-0.1, -0.05) is 30.3 Å². The van der Waals surface area contributed by atoms with Crippen LogP contribution in [0, 0.1) is 5.41 Å². The molecule has 1 fully saturated rings. The average molecular weight is 192 g/mol. The molecule has 14 heavy (non-hydrogen) atoms. The molecule has 0 radical (unpaired) electrons. The van der Waals surface area contributed by atoms with E-state index >= 15 is 0 Å². The molecule has 0 aromatic heterocycles. The first-order chi connectivity index (χ1) is 6.67. The van der Waals surface area contributed by atoms with Crippen molar-refractivity contribution in [3.63, 3.8) is 0 Å². The van der Waals surface area contributed by atoms with Crippen LogP contribution in [0.4, 0.5) is 0 Å². The van der Waals surface area contributed by atoms with Crippen LogP contribution in [0.25, 0.3) is 0 Å². The van der Waals surface area contributed by atoms with Crippen LogP contribution < -0.4 is 0 Å². The third-order valence-corrected chi connectivity index (χ3v) is 3.32. The smallest absolute Gasteiger partial charge is 0.0870 e. The normalized spacial score (nSPS) is 22.8. The van der Waals surface area contributed by atoms with Crippen LogP contribution in [0.15, 0.2) is 30.3 Å². The van der Waals surface area contributed by atoms with Crippen LogP contribution in [0.2, 0.25) is 0 Å². The van der Waals surface area contributed by atoms with E-state index in [-0.39, 0.29) is 5.41 Å². The quantitative estimate of drug-likeness (QED) is 0.767. The highest BCUT2D eigenvalue weighted by molar-refractivity contribution is 5.22. The van der Waals surface area contributed by atoms with E-state index in [9.17, 15) is 10.2 Å². The van der Waals surface area contributed by atoms with E-state index in [1.54, 1.807) is 6.92 Å². The number of hydrogen-bond donors (Lipinski definition) is 2. The minimum absolute atomic E-state index is 0.276. The average Bonchev–Trinajstić information content (AvgIpc) is 2.99. The first-order valence-corrected chi connectivity index (χ1v) is 5.08. The summed E-state index contributed by atoms with van der Waals surface area (Å²) in [5, 5.41) is 19.7. The molecule has 1 aliphatic carbocycles. The van der Waals surface area contributed by atoms with Gasteiger partial charge in [-0.15, -0.1) is 0 Å². The maximum atomic E-state index is 10.1. The topological polar surface area (TPSA) is 40.5 Å². The number of benzene rings is 1. The lowest BCUT2D eigenvalue weighted by Gasteiger charge is -2.25. The molecule has 0 saturated heterocycles. The van der Waals surface area contributed by atoms with E-state index in [1.807, 2.05) is 30.3 Å². The molecule has 1 aromatic carbocycles. The standard InChI is InChI=1S/C12H16O2/c1-9(13)12(7-8-12)11(14)10-5-3-2-4-6-10/h2-6,9,11,13-14H,7-8H2,1H3. The van der Waals surface area contributed by atoms with Crippen molar-refractivity contribution in [3.8, 4) is 0 Å². The Balaban J connectivity index is 2.21. The zero-order valence-electron chi connectivity index (χ0n) is 8.35. The van der Waals surface area contributed by atoms with Crippen molar-refractivity contribution in [1.82, 2.24) is 0 Å². The Morgan fingerprint density at radius 2 is 1.71 bits per heavy atom. The number of rotatable bonds is 3. The Morgan fingerprint density at radius 3 is 2.14 bits per heavy atom. The molecule has 0 amide bonds. The number of hydrogen-bond acceptors (Lipinski definition) is 2. The summed E-state index contributed by atoms with van der Waals surface area (Å²) in [6.07, 6.45) is 0.878. The first-order valence-electron chi connectivity index (χ1n) is 5.08. The van der Waals surface area contributed by atoms with Gasteiger partial charge in [-0.05, 0) is 25.3 Å². The molecule has 2 unspecified atom stereocenters. The van der Waals surface area contributed by atoms with Gasteiger partial charge in [-0.2, -0.15) is 0 Å². The second-order valence-electron chi connectivity index (χ2n) is 4.22. The van der Waals surface area contributed by atoms with Gasteiger partial charge in [0.15, 0.2) is 0 Å². The van der Waals surface area contributed by atoms with Crippen molar-refractivity contribution < 1.29 is 10.2 Å². The van der Waals surface area contributed by atoms with Crippen LogP contribution in [0.3, 0.4) is 0 Å². The first kappa shape index (κ1) is 9.69. The van der Waals surface area contributed by atoms with Crippen LogP contribution in [0.1, 0.15) is 31.4 Å². The molecular formula is C12H16O2. The molecule has 0 bridgehead atoms. The second kappa shape index (κ2) is 3.37. The summed E-state index contributed by atoms with van der Waals surface area (Å²) in [7, 11) is 0. The molecule has 1 aliphatic rings. The van der Waals surface area contributed by atoms with Crippen LogP contribution in [0.5, 0.6) is 0 Å². The largest absolute Gasteiger partial charge is 0.393 e. The van der Waals surface area contributed by atoms with Gasteiger partial charge in [0, 0.05) is 5.41 Å². The van der Waals surface area contributed by atoms with Gasteiger partial charge in [0.05, 0.1) is 12.2 Å². The van der Waals surface area contributed by atoms with Gasteiger partial charge in [0.25, 0.3) is 0 Å². The van der Waals surface area contributed by atoms with Crippen molar-refractivity contribution in [1.29, 1.82) is 0 Å². The predicted octanol–water partition coefficient (Wildman–Crippen LogP) is 1.88. The molecule has 2 atom stereocenters. The molecule has 0 spiro atoms. The maximum absolute atomic E-state index is 10.1. The Kier molecular flexibility index (Phi) is 2.33. The summed E-state index contributed by atoms with van der Waals surface area (Å²) in [5.41, 5.74) is 0.632. The Bertz CT molecular complexity index is 301. The predicted molar refractivity (Wildman–Crippen MR) is 54.7 cm³/mol. The van der Waals surface area contributed by atoms with Crippen LogP contribution in [-0.4, -0.2) is 16.3 Å². The molecule has 76 valence electrons. The summed E-state index contributed by atoms with van der Waals surface area (Å²) >= 11 is 0. The van der Waals surface area contributed by atoms with Crippen molar-refractivity contribution in [3.05, 3.63) is 35.9 Å². The molecule has 2 rings (SSSR count). The fourth-order valence-corrected chi connectivity index (χ4v) is 2.03. The molecule has 1 aromatic rings. The zero-order valence-corrected chi connectivity index (χ0v) is 8.35. The summed E-state index contributed by atoms with van der Waals surface area (Å²) < 4.78 is 0. The molecule has 0 aliphatic heterocycles. The Morgan fingerprint density at radius 1 is 1.14 bits per heavy atom. The van der Waals surface area contributed by atoms with E-state index < -0.39 is 12.2 Å². The van der Waals surface area contributed by atoms with Crippen molar-refractivity contribution >= 4 is 0 Å². The zero-order chi connectivity index (χ0) is 10.2. The third-order valence-electron chi connectivity index (χ3n) is 3.32. The van der Waals surface area contributed by atoms with E-state index in [4.69, 9.17) is 0 Å². The van der Waals surface area contributed by atoms with Gasteiger partial charge < -0.3 is 10.2 Å². The lowest BCUT2D eigenvalue weighted by molar-refractivity contribution is 0.00274. The van der Waals surface area contributed by atoms with Crippen molar-refractivity contribution in [2.45, 2.75) is 32.0 Å². The van der Waals surface area contributed by atoms with Gasteiger partial charge in [-0.3, -0.25) is 0 Å². The highest BCUT2D eigenvalue weighted by Crippen LogP contribution is 2.57. The van der Waals surface area contributed by atoms with Gasteiger partial charge in [0.1, 0.15) is 0 Å². The molecule has 1 saturated carbocycles. The molecule has 2 N–H and O–H groups in total. The van der Waals surface area contributed by atoms with Crippen molar-refractivity contribution in [2.75, 3.05) is 0 Å². The van der Waals surface area contributed by atoms with Crippen LogP contribution in [-0.2, 0) is 0 Å². The molecule has 0 heterocycles.